The van der Waals surface area contributed by atoms with Crippen LogP contribution in [0, 0.1) is 12.3 Å². The van der Waals surface area contributed by atoms with Crippen LogP contribution in [0.5, 0.6) is 0 Å². The molecular weight excluding hydrogens is 128 g/mol. The number of terminal acetylenes is 1. The van der Waals surface area contributed by atoms with Crippen molar-refractivity contribution in [3.05, 3.63) is 0 Å². The van der Waals surface area contributed by atoms with Crippen LogP contribution < -0.4 is 11.1 Å². The summed E-state index contributed by atoms with van der Waals surface area (Å²) in [4.78, 5) is 0. The highest BCUT2D eigenvalue weighted by Crippen LogP contribution is 1.75. The number of nitrogens with two attached hydrogens (primary N) is 1. The van der Waals surface area contributed by atoms with Crippen LogP contribution in [0.4, 0.5) is 0 Å². The van der Waals surface area contributed by atoms with E-state index in [9.17, 15) is 0 Å². The maximum absolute atomic E-state index is 8.92. The summed E-state index contributed by atoms with van der Waals surface area (Å²) in [7, 11) is 0. The van der Waals surface area contributed by atoms with E-state index in [0.29, 0.717) is 19.5 Å². The molecule has 0 fully saturated rings. The normalized spacial score (nSPS) is 12.5. The van der Waals surface area contributed by atoms with E-state index >= 15 is 0 Å². The monoisotopic (exact) mass is 142 g/mol. The Labute approximate surface area is 61.6 Å². The van der Waals surface area contributed by atoms with Gasteiger partial charge in [0.15, 0.2) is 0 Å². The summed E-state index contributed by atoms with van der Waals surface area (Å²) in [6.45, 7) is 1.56. The molecule has 0 heterocycles. The van der Waals surface area contributed by atoms with Crippen LogP contribution in [0.15, 0.2) is 0 Å². The zero-order valence-corrected chi connectivity index (χ0v) is 6.01. The van der Waals surface area contributed by atoms with E-state index in [4.69, 9.17) is 17.3 Å². The molecule has 3 heteroatoms. The number of hydrogen-bond donors (Lipinski definition) is 3. The van der Waals surface area contributed by atoms with E-state index in [1.54, 1.807) is 0 Å². The van der Waals surface area contributed by atoms with Gasteiger partial charge >= 0.3 is 0 Å². The van der Waals surface area contributed by atoms with Gasteiger partial charge in [0.05, 0.1) is 6.10 Å². The van der Waals surface area contributed by atoms with Crippen molar-refractivity contribution >= 4 is 0 Å². The smallest absolute Gasteiger partial charge is 0.0786 e. The minimum Gasteiger partial charge on any atom is -0.390 e. The third-order valence-electron chi connectivity index (χ3n) is 1.10. The largest absolute Gasteiger partial charge is 0.390 e. The number of aliphatic hydroxyl groups excluding tert-OH is 1. The quantitative estimate of drug-likeness (QED) is 0.338. The van der Waals surface area contributed by atoms with Crippen molar-refractivity contribution in [3.63, 3.8) is 0 Å². The van der Waals surface area contributed by atoms with Crippen LogP contribution in [-0.4, -0.2) is 30.8 Å². The molecule has 0 aromatic heterocycles. The van der Waals surface area contributed by atoms with E-state index in [1.807, 2.05) is 0 Å². The summed E-state index contributed by atoms with van der Waals surface area (Å²) in [5, 5.41) is 11.9. The molecule has 0 saturated carbocycles. The van der Waals surface area contributed by atoms with Crippen molar-refractivity contribution in [1.29, 1.82) is 0 Å². The molecule has 0 aliphatic rings. The van der Waals surface area contributed by atoms with Crippen LogP contribution in [-0.2, 0) is 0 Å². The lowest BCUT2D eigenvalue weighted by atomic mass is 10.3. The first-order valence-corrected chi connectivity index (χ1v) is 3.33. The molecule has 0 saturated heterocycles. The molecule has 0 amide bonds. The van der Waals surface area contributed by atoms with E-state index < -0.39 is 6.10 Å². The van der Waals surface area contributed by atoms with Gasteiger partial charge in [-0.05, 0) is 0 Å². The zero-order chi connectivity index (χ0) is 7.82. The topological polar surface area (TPSA) is 58.3 Å². The Bertz CT molecular complexity index is 109. The van der Waals surface area contributed by atoms with Crippen molar-refractivity contribution in [2.45, 2.75) is 12.5 Å². The van der Waals surface area contributed by atoms with Crippen molar-refractivity contribution < 1.29 is 5.11 Å². The molecule has 3 nitrogen and oxygen atoms in total. The highest BCUT2D eigenvalue weighted by Gasteiger charge is 1.97. The Hall–Kier alpha value is -0.560. The van der Waals surface area contributed by atoms with Gasteiger partial charge in [0, 0.05) is 26.1 Å². The van der Waals surface area contributed by atoms with E-state index in [2.05, 4.69) is 11.2 Å². The van der Waals surface area contributed by atoms with Gasteiger partial charge < -0.3 is 16.2 Å². The van der Waals surface area contributed by atoms with Gasteiger partial charge in [-0.2, -0.15) is 0 Å². The molecule has 1 atom stereocenters. The van der Waals surface area contributed by atoms with Gasteiger partial charge in [-0.15, -0.1) is 12.3 Å². The van der Waals surface area contributed by atoms with Crippen LogP contribution in [0.2, 0.25) is 0 Å². The van der Waals surface area contributed by atoms with Gasteiger partial charge in [0.25, 0.3) is 0 Å². The molecule has 0 aromatic carbocycles. The minimum absolute atomic E-state index is 0.295. The predicted octanol–water partition coefficient (Wildman–Crippen LogP) is -1.08. The Balaban J connectivity index is 2.98. The molecule has 0 radical (unpaired) electrons. The summed E-state index contributed by atoms with van der Waals surface area (Å²) in [6.07, 6.45) is 5.25. The first-order chi connectivity index (χ1) is 4.81. The maximum atomic E-state index is 8.92. The van der Waals surface area contributed by atoms with Gasteiger partial charge in [0.1, 0.15) is 0 Å². The summed E-state index contributed by atoms with van der Waals surface area (Å²) in [5.41, 5.74) is 5.16. The molecule has 0 aromatic rings. The van der Waals surface area contributed by atoms with E-state index in [-0.39, 0.29) is 0 Å². The zero-order valence-electron chi connectivity index (χ0n) is 6.01. The lowest BCUT2D eigenvalue weighted by Gasteiger charge is -2.06. The lowest BCUT2D eigenvalue weighted by Crippen LogP contribution is -2.32. The highest BCUT2D eigenvalue weighted by atomic mass is 16.3. The summed E-state index contributed by atoms with van der Waals surface area (Å²) in [5.74, 6) is 2.48. The van der Waals surface area contributed by atoms with Crippen LogP contribution >= 0.6 is 0 Å². The number of nitrogens with one attached hydrogen (secondary N) is 1. The van der Waals surface area contributed by atoms with Crippen LogP contribution in [0.1, 0.15) is 6.42 Å². The first kappa shape index (κ1) is 9.44. The molecule has 58 valence electrons. The van der Waals surface area contributed by atoms with Gasteiger partial charge in [0.2, 0.25) is 0 Å². The first-order valence-electron chi connectivity index (χ1n) is 3.33. The highest BCUT2D eigenvalue weighted by molar-refractivity contribution is 4.84. The predicted molar refractivity (Wildman–Crippen MR) is 41.4 cm³/mol. The average molecular weight is 142 g/mol. The average Bonchev–Trinajstić information content (AvgIpc) is 1.98. The van der Waals surface area contributed by atoms with Crippen LogP contribution in [0.3, 0.4) is 0 Å². The summed E-state index contributed by atoms with van der Waals surface area (Å²) in [6, 6.07) is 0. The standard InChI is InChI=1S/C7H14N2O/c1-2-3-4-9-6-7(10)5-8/h1,7,9-10H,3-6,8H2. The molecular formula is C7H14N2O. The second-order valence-corrected chi connectivity index (χ2v) is 2.05. The van der Waals surface area contributed by atoms with Gasteiger partial charge in [-0.3, -0.25) is 0 Å². The van der Waals surface area contributed by atoms with Crippen molar-refractivity contribution in [1.82, 2.24) is 5.32 Å². The summed E-state index contributed by atoms with van der Waals surface area (Å²) >= 11 is 0. The SMILES string of the molecule is C#CCCNCC(O)CN. The molecule has 0 aliphatic heterocycles. The van der Waals surface area contributed by atoms with E-state index in [1.165, 1.54) is 0 Å². The lowest BCUT2D eigenvalue weighted by molar-refractivity contribution is 0.180. The van der Waals surface area contributed by atoms with Gasteiger partial charge in [-0.1, -0.05) is 0 Å². The summed E-state index contributed by atoms with van der Waals surface area (Å²) < 4.78 is 0. The Kier molecular flexibility index (Phi) is 6.19. The Morgan fingerprint density at radius 1 is 1.70 bits per heavy atom. The fraction of sp³-hybridized carbons (Fsp3) is 0.714. The third-order valence-corrected chi connectivity index (χ3v) is 1.10. The molecule has 10 heavy (non-hydrogen) atoms. The second kappa shape index (κ2) is 6.56. The second-order valence-electron chi connectivity index (χ2n) is 2.05. The number of rotatable bonds is 5. The Morgan fingerprint density at radius 2 is 2.40 bits per heavy atom. The molecule has 0 rings (SSSR count). The third kappa shape index (κ3) is 5.57. The minimum atomic E-state index is -0.447. The van der Waals surface area contributed by atoms with Crippen molar-refractivity contribution in [2.24, 2.45) is 5.73 Å². The van der Waals surface area contributed by atoms with Crippen molar-refractivity contribution in [2.75, 3.05) is 19.6 Å². The molecule has 0 bridgehead atoms. The Morgan fingerprint density at radius 3 is 2.90 bits per heavy atom. The van der Waals surface area contributed by atoms with Crippen molar-refractivity contribution in [3.8, 4) is 12.3 Å². The molecule has 1 unspecified atom stereocenters. The number of hydrogen-bond acceptors (Lipinski definition) is 3. The fourth-order valence-corrected chi connectivity index (χ4v) is 0.513. The van der Waals surface area contributed by atoms with Crippen LogP contribution in [0.25, 0.3) is 0 Å². The number of aliphatic hydroxyl groups is 1. The van der Waals surface area contributed by atoms with E-state index in [0.717, 1.165) is 6.54 Å². The molecule has 0 spiro atoms. The molecule has 0 aliphatic carbocycles. The maximum Gasteiger partial charge on any atom is 0.0786 e. The van der Waals surface area contributed by atoms with Gasteiger partial charge in [-0.25, -0.2) is 0 Å². The molecule has 4 N–H and O–H groups in total. The fourth-order valence-electron chi connectivity index (χ4n) is 0.513.